The van der Waals surface area contributed by atoms with Crippen molar-refractivity contribution >= 4 is 10.0 Å². The molecule has 1 heterocycles. The summed E-state index contributed by atoms with van der Waals surface area (Å²) in [5, 5.41) is 8.77. The van der Waals surface area contributed by atoms with E-state index in [9.17, 15) is 8.42 Å². The number of nitriles is 1. The van der Waals surface area contributed by atoms with Gasteiger partial charge >= 0.3 is 0 Å². The lowest BCUT2D eigenvalue weighted by atomic mass is 9.82. The average Bonchev–Trinajstić information content (AvgIpc) is 2.93. The van der Waals surface area contributed by atoms with E-state index in [2.05, 4.69) is 13.8 Å². The Labute approximate surface area is 121 Å². The monoisotopic (exact) mass is 292 g/mol. The van der Waals surface area contributed by atoms with Crippen molar-refractivity contribution in [3.05, 3.63) is 29.8 Å². The van der Waals surface area contributed by atoms with Crippen molar-refractivity contribution in [2.75, 3.05) is 13.1 Å². The van der Waals surface area contributed by atoms with Crippen LogP contribution in [0.25, 0.3) is 0 Å². The predicted octanol–water partition coefficient (Wildman–Crippen LogP) is 2.76. The molecule has 0 atom stereocenters. The molecule has 5 heteroatoms. The summed E-state index contributed by atoms with van der Waals surface area (Å²) < 4.78 is 26.8. The molecule has 108 valence electrons. The van der Waals surface area contributed by atoms with Gasteiger partial charge in [0.15, 0.2) is 0 Å². The Morgan fingerprint density at radius 2 is 1.85 bits per heavy atom. The predicted molar refractivity (Wildman–Crippen MR) is 77.5 cm³/mol. The van der Waals surface area contributed by atoms with Crippen LogP contribution >= 0.6 is 0 Å². The highest BCUT2D eigenvalue weighted by Crippen LogP contribution is 2.39. The molecule has 0 amide bonds. The van der Waals surface area contributed by atoms with Gasteiger partial charge in [-0.05, 0) is 48.9 Å². The quantitative estimate of drug-likeness (QED) is 0.857. The molecule has 1 fully saturated rings. The molecular formula is C15H20N2O2S. The summed E-state index contributed by atoms with van der Waals surface area (Å²) in [5.41, 5.74) is 0.599. The average molecular weight is 292 g/mol. The van der Waals surface area contributed by atoms with Crippen LogP contribution in [-0.4, -0.2) is 25.8 Å². The van der Waals surface area contributed by atoms with E-state index < -0.39 is 10.0 Å². The highest BCUT2D eigenvalue weighted by molar-refractivity contribution is 7.89. The summed E-state index contributed by atoms with van der Waals surface area (Å²) in [6, 6.07) is 8.14. The summed E-state index contributed by atoms with van der Waals surface area (Å²) in [4.78, 5) is 0.277. The van der Waals surface area contributed by atoms with E-state index in [-0.39, 0.29) is 10.3 Å². The molecule has 1 aromatic rings. The number of nitrogens with zero attached hydrogens (tertiary/aromatic N) is 2. The van der Waals surface area contributed by atoms with Crippen molar-refractivity contribution in [3.8, 4) is 6.07 Å². The van der Waals surface area contributed by atoms with Crippen molar-refractivity contribution in [1.29, 1.82) is 5.26 Å². The summed E-state index contributed by atoms with van der Waals surface area (Å²) >= 11 is 0. The minimum atomic E-state index is -3.43. The fourth-order valence-corrected chi connectivity index (χ4v) is 4.33. The number of hydrogen-bond acceptors (Lipinski definition) is 3. The van der Waals surface area contributed by atoms with Crippen LogP contribution in [0.3, 0.4) is 0 Å². The Morgan fingerprint density at radius 3 is 2.30 bits per heavy atom. The lowest BCUT2D eigenvalue weighted by Gasteiger charge is -2.26. The van der Waals surface area contributed by atoms with Crippen LogP contribution in [0, 0.1) is 16.7 Å². The molecule has 0 unspecified atom stereocenters. The molecule has 0 radical (unpaired) electrons. The fourth-order valence-electron chi connectivity index (χ4n) is 2.78. The van der Waals surface area contributed by atoms with Gasteiger partial charge in [-0.2, -0.15) is 9.57 Å². The first-order valence-corrected chi connectivity index (χ1v) is 8.42. The molecule has 1 aliphatic rings. The van der Waals surface area contributed by atoms with Crippen molar-refractivity contribution in [1.82, 2.24) is 4.31 Å². The van der Waals surface area contributed by atoms with E-state index in [0.717, 1.165) is 19.3 Å². The summed E-state index contributed by atoms with van der Waals surface area (Å²) in [6.07, 6.45) is 2.93. The largest absolute Gasteiger partial charge is 0.243 e. The molecule has 20 heavy (non-hydrogen) atoms. The van der Waals surface area contributed by atoms with Crippen LogP contribution < -0.4 is 0 Å². The highest BCUT2D eigenvalue weighted by atomic mass is 32.2. The Bertz CT molecular complexity index is 610. The van der Waals surface area contributed by atoms with Gasteiger partial charge in [0.05, 0.1) is 16.5 Å². The molecule has 0 spiro atoms. The fraction of sp³-hybridized carbons (Fsp3) is 0.533. The van der Waals surface area contributed by atoms with Crippen LogP contribution in [-0.2, 0) is 10.0 Å². The van der Waals surface area contributed by atoms with Crippen LogP contribution in [0.2, 0.25) is 0 Å². The summed E-state index contributed by atoms with van der Waals surface area (Å²) in [7, 11) is -3.43. The van der Waals surface area contributed by atoms with E-state index in [1.54, 1.807) is 16.4 Å². The van der Waals surface area contributed by atoms with E-state index >= 15 is 0 Å². The Morgan fingerprint density at radius 1 is 1.25 bits per heavy atom. The number of hydrogen-bond donors (Lipinski definition) is 0. The second-order valence-electron chi connectivity index (χ2n) is 5.43. The molecule has 0 aliphatic carbocycles. The van der Waals surface area contributed by atoms with Crippen molar-refractivity contribution in [3.63, 3.8) is 0 Å². The molecule has 0 saturated carbocycles. The van der Waals surface area contributed by atoms with E-state index in [1.165, 1.54) is 12.1 Å². The number of sulfonamides is 1. The molecule has 2 rings (SSSR count). The molecule has 1 saturated heterocycles. The van der Waals surface area contributed by atoms with Gasteiger partial charge in [-0.3, -0.25) is 0 Å². The molecule has 0 N–H and O–H groups in total. The molecular weight excluding hydrogens is 272 g/mol. The second kappa shape index (κ2) is 5.55. The van der Waals surface area contributed by atoms with E-state index in [0.29, 0.717) is 18.7 Å². The Balaban J connectivity index is 2.26. The van der Waals surface area contributed by atoms with E-state index in [4.69, 9.17) is 5.26 Å². The summed E-state index contributed by atoms with van der Waals surface area (Å²) in [6.45, 7) is 5.44. The summed E-state index contributed by atoms with van der Waals surface area (Å²) in [5.74, 6) is 0. The lowest BCUT2D eigenvalue weighted by molar-refractivity contribution is 0.279. The third-order valence-corrected chi connectivity index (χ3v) is 6.38. The third kappa shape index (κ3) is 2.58. The first-order valence-electron chi connectivity index (χ1n) is 6.98. The normalized spacial score (nSPS) is 18.9. The zero-order valence-electron chi connectivity index (χ0n) is 12.0. The maximum absolute atomic E-state index is 12.6. The SMILES string of the molecule is CCC1(CC)CCN(S(=O)(=O)c2ccc(C#N)cc2)C1. The first-order chi connectivity index (χ1) is 9.47. The van der Waals surface area contributed by atoms with Crippen LogP contribution in [0.4, 0.5) is 0 Å². The van der Waals surface area contributed by atoms with Gasteiger partial charge < -0.3 is 0 Å². The number of benzene rings is 1. The highest BCUT2D eigenvalue weighted by Gasteiger charge is 2.40. The van der Waals surface area contributed by atoms with Crippen molar-refractivity contribution < 1.29 is 8.42 Å². The van der Waals surface area contributed by atoms with Gasteiger partial charge in [-0.25, -0.2) is 8.42 Å². The van der Waals surface area contributed by atoms with Gasteiger partial charge in [-0.15, -0.1) is 0 Å². The minimum absolute atomic E-state index is 0.125. The van der Waals surface area contributed by atoms with Gasteiger partial charge in [0.2, 0.25) is 10.0 Å². The topological polar surface area (TPSA) is 61.2 Å². The van der Waals surface area contributed by atoms with Gasteiger partial charge in [-0.1, -0.05) is 13.8 Å². The zero-order chi connectivity index (χ0) is 14.8. The lowest BCUT2D eigenvalue weighted by Crippen LogP contribution is -2.31. The van der Waals surface area contributed by atoms with Gasteiger partial charge in [0.1, 0.15) is 0 Å². The van der Waals surface area contributed by atoms with Gasteiger partial charge in [0.25, 0.3) is 0 Å². The van der Waals surface area contributed by atoms with Gasteiger partial charge in [0, 0.05) is 13.1 Å². The number of rotatable bonds is 4. The first kappa shape index (κ1) is 15.0. The van der Waals surface area contributed by atoms with Crippen molar-refractivity contribution in [2.45, 2.75) is 38.0 Å². The second-order valence-corrected chi connectivity index (χ2v) is 7.37. The third-order valence-electron chi connectivity index (χ3n) is 4.52. The Kier molecular flexibility index (Phi) is 4.17. The van der Waals surface area contributed by atoms with Crippen LogP contribution in [0.15, 0.2) is 29.2 Å². The standard InChI is InChI=1S/C15H20N2O2S/c1-3-15(4-2)9-10-17(12-15)20(18,19)14-7-5-13(11-16)6-8-14/h5-8H,3-4,9-10,12H2,1-2H3. The van der Waals surface area contributed by atoms with Crippen molar-refractivity contribution in [2.24, 2.45) is 5.41 Å². The van der Waals surface area contributed by atoms with E-state index in [1.807, 2.05) is 6.07 Å². The Hall–Kier alpha value is -1.38. The molecule has 1 aliphatic heterocycles. The molecule has 1 aromatic carbocycles. The smallest absolute Gasteiger partial charge is 0.207 e. The maximum Gasteiger partial charge on any atom is 0.243 e. The zero-order valence-corrected chi connectivity index (χ0v) is 12.8. The molecule has 0 bridgehead atoms. The molecule has 4 nitrogen and oxygen atoms in total. The van der Waals surface area contributed by atoms with Crippen LogP contribution in [0.5, 0.6) is 0 Å². The minimum Gasteiger partial charge on any atom is -0.207 e. The maximum atomic E-state index is 12.6. The molecule has 0 aromatic heterocycles. The van der Waals surface area contributed by atoms with Crippen LogP contribution in [0.1, 0.15) is 38.7 Å².